The molecule has 0 aromatic heterocycles. The molecule has 0 unspecified atom stereocenters. The summed E-state index contributed by atoms with van der Waals surface area (Å²) in [4.78, 5) is 24.5. The smallest absolute Gasteiger partial charge is 0.272 e. The first-order valence-corrected chi connectivity index (χ1v) is 6.40. The molecule has 1 aromatic rings. The van der Waals surface area contributed by atoms with Crippen LogP contribution in [0.5, 0.6) is 5.75 Å². The summed E-state index contributed by atoms with van der Waals surface area (Å²) in [5.41, 5.74) is 0.514. The third-order valence-corrected chi connectivity index (χ3v) is 3.10. The maximum Gasteiger partial charge on any atom is 0.272 e. The molecule has 0 bridgehead atoms. The molecule has 0 aliphatic carbocycles. The number of halogens is 1. The Balaban J connectivity index is 2.07. The Morgan fingerprint density at radius 3 is 2.37 bits per heavy atom. The molecule has 0 N–H and O–H groups in total. The Kier molecular flexibility index (Phi) is 4.34. The highest BCUT2D eigenvalue weighted by Gasteiger charge is 2.30. The third-order valence-electron chi connectivity index (χ3n) is 2.53. The molecule has 1 aromatic carbocycles. The maximum atomic E-state index is 11.8. The van der Waals surface area contributed by atoms with E-state index in [1.807, 2.05) is 0 Å². The minimum absolute atomic E-state index is 0.262. The van der Waals surface area contributed by atoms with Crippen LogP contribution in [0.3, 0.4) is 0 Å². The van der Waals surface area contributed by atoms with Crippen molar-refractivity contribution in [1.29, 1.82) is 0 Å². The minimum atomic E-state index is -0.363. The number of carbonyl (C=O) groups is 2. The monoisotopic (exact) mass is 325 g/mol. The first-order valence-electron chi connectivity index (χ1n) is 5.61. The lowest BCUT2D eigenvalue weighted by atomic mass is 10.3. The second-order valence-corrected chi connectivity index (χ2v) is 4.66. The van der Waals surface area contributed by atoms with Gasteiger partial charge in [0.25, 0.3) is 11.8 Å². The molecule has 1 aliphatic heterocycles. The van der Waals surface area contributed by atoms with Crippen molar-refractivity contribution in [3.8, 4) is 5.75 Å². The summed E-state index contributed by atoms with van der Waals surface area (Å²) in [6, 6.07) is 6.74. The molecule has 0 saturated carbocycles. The second-order valence-electron chi connectivity index (χ2n) is 3.81. The quantitative estimate of drug-likeness (QED) is 0.612. The van der Waals surface area contributed by atoms with Crippen molar-refractivity contribution in [3.05, 3.63) is 34.8 Å². The summed E-state index contributed by atoms with van der Waals surface area (Å²) in [5, 5.41) is 0. The van der Waals surface area contributed by atoms with E-state index < -0.39 is 0 Å². The van der Waals surface area contributed by atoms with Crippen LogP contribution >= 0.6 is 15.9 Å². The van der Waals surface area contributed by atoms with Crippen molar-refractivity contribution < 1.29 is 19.1 Å². The normalized spacial score (nSPS) is 14.8. The van der Waals surface area contributed by atoms with Gasteiger partial charge in [-0.2, -0.15) is 0 Å². The zero-order valence-electron chi connectivity index (χ0n) is 10.3. The number of imide groups is 1. The predicted molar refractivity (Wildman–Crippen MR) is 73.3 cm³/mol. The largest absolute Gasteiger partial charge is 0.491 e. The highest BCUT2D eigenvalue weighted by molar-refractivity contribution is 9.12. The Morgan fingerprint density at radius 2 is 1.84 bits per heavy atom. The van der Waals surface area contributed by atoms with Crippen molar-refractivity contribution in [1.82, 2.24) is 0 Å². The zero-order chi connectivity index (χ0) is 13.8. The van der Waals surface area contributed by atoms with Crippen LogP contribution in [0.1, 0.15) is 0 Å². The number of benzene rings is 1. The third kappa shape index (κ3) is 3.02. The summed E-state index contributed by atoms with van der Waals surface area (Å²) < 4.78 is 10.5. The molecule has 6 heteroatoms. The SMILES string of the molecule is COCCOc1ccc(N2C(=O)C=C(Br)C2=O)cc1. The lowest BCUT2D eigenvalue weighted by Gasteiger charge is -2.14. The van der Waals surface area contributed by atoms with Crippen molar-refractivity contribution in [3.63, 3.8) is 0 Å². The number of hydrogen-bond donors (Lipinski definition) is 0. The molecule has 100 valence electrons. The van der Waals surface area contributed by atoms with Gasteiger partial charge in [0.05, 0.1) is 16.8 Å². The molecule has 0 spiro atoms. The Bertz CT molecular complexity index is 524. The van der Waals surface area contributed by atoms with Gasteiger partial charge in [-0.25, -0.2) is 4.90 Å². The van der Waals surface area contributed by atoms with Gasteiger partial charge in [0, 0.05) is 13.2 Å². The fourth-order valence-corrected chi connectivity index (χ4v) is 1.99. The van der Waals surface area contributed by atoms with Gasteiger partial charge >= 0.3 is 0 Å². The van der Waals surface area contributed by atoms with Crippen LogP contribution in [0.15, 0.2) is 34.8 Å². The molecular formula is C13H12BrNO4. The Morgan fingerprint density at radius 1 is 1.16 bits per heavy atom. The summed E-state index contributed by atoms with van der Waals surface area (Å²) in [6.07, 6.45) is 1.26. The molecule has 0 fully saturated rings. The van der Waals surface area contributed by atoms with Gasteiger partial charge in [-0.3, -0.25) is 9.59 Å². The number of amides is 2. The molecule has 2 rings (SSSR count). The molecule has 19 heavy (non-hydrogen) atoms. The fraction of sp³-hybridized carbons (Fsp3) is 0.231. The van der Waals surface area contributed by atoms with Gasteiger partial charge in [-0.15, -0.1) is 0 Å². The Hall–Kier alpha value is -1.66. The van der Waals surface area contributed by atoms with E-state index in [-0.39, 0.29) is 16.3 Å². The van der Waals surface area contributed by atoms with Crippen LogP contribution in [0.4, 0.5) is 5.69 Å². The average molecular weight is 326 g/mol. The van der Waals surface area contributed by atoms with Crippen molar-refractivity contribution >= 4 is 33.4 Å². The predicted octanol–water partition coefficient (Wildman–Crippen LogP) is 1.86. The van der Waals surface area contributed by atoms with E-state index in [4.69, 9.17) is 9.47 Å². The standard InChI is InChI=1S/C13H12BrNO4/c1-18-6-7-19-10-4-2-9(3-5-10)15-12(16)8-11(14)13(15)17/h2-5,8H,6-7H2,1H3. The molecule has 0 atom stereocenters. The average Bonchev–Trinajstić information content (AvgIpc) is 2.65. The highest BCUT2D eigenvalue weighted by Crippen LogP contribution is 2.26. The van der Waals surface area contributed by atoms with Crippen molar-refractivity contribution in [2.75, 3.05) is 25.2 Å². The van der Waals surface area contributed by atoms with E-state index >= 15 is 0 Å². The van der Waals surface area contributed by atoms with Gasteiger partial charge in [0.2, 0.25) is 0 Å². The summed E-state index contributed by atoms with van der Waals surface area (Å²) in [7, 11) is 1.60. The van der Waals surface area contributed by atoms with Crippen molar-refractivity contribution in [2.24, 2.45) is 0 Å². The Labute approximate surface area is 118 Å². The molecule has 1 heterocycles. The van der Waals surface area contributed by atoms with E-state index in [1.54, 1.807) is 31.4 Å². The fourth-order valence-electron chi connectivity index (χ4n) is 1.62. The minimum Gasteiger partial charge on any atom is -0.491 e. The molecule has 0 radical (unpaired) electrons. The highest BCUT2D eigenvalue weighted by atomic mass is 79.9. The first kappa shape index (κ1) is 13.8. The lowest BCUT2D eigenvalue weighted by Crippen LogP contribution is -2.30. The second kappa shape index (κ2) is 5.99. The topological polar surface area (TPSA) is 55.8 Å². The number of rotatable bonds is 5. The number of hydrogen-bond acceptors (Lipinski definition) is 4. The zero-order valence-corrected chi connectivity index (χ0v) is 11.8. The molecule has 0 saturated heterocycles. The number of carbonyl (C=O) groups excluding carboxylic acids is 2. The van der Waals surface area contributed by atoms with E-state index in [0.717, 1.165) is 4.90 Å². The van der Waals surface area contributed by atoms with Crippen molar-refractivity contribution in [2.45, 2.75) is 0 Å². The van der Waals surface area contributed by atoms with Crippen LogP contribution < -0.4 is 9.64 Å². The molecule has 5 nitrogen and oxygen atoms in total. The van der Waals surface area contributed by atoms with Gasteiger partial charge in [0.15, 0.2) is 0 Å². The van der Waals surface area contributed by atoms with E-state index in [0.29, 0.717) is 24.7 Å². The van der Waals surface area contributed by atoms with E-state index in [9.17, 15) is 9.59 Å². The number of anilines is 1. The van der Waals surface area contributed by atoms with Gasteiger partial charge in [0.1, 0.15) is 12.4 Å². The van der Waals surface area contributed by atoms with Gasteiger partial charge in [-0.05, 0) is 40.2 Å². The molecule has 1 aliphatic rings. The van der Waals surface area contributed by atoms with Crippen LogP contribution in [0, 0.1) is 0 Å². The van der Waals surface area contributed by atoms with Gasteiger partial charge < -0.3 is 9.47 Å². The number of nitrogens with zero attached hydrogens (tertiary/aromatic N) is 1. The van der Waals surface area contributed by atoms with E-state index in [1.165, 1.54) is 6.08 Å². The number of methoxy groups -OCH3 is 1. The summed E-state index contributed by atoms with van der Waals surface area (Å²) in [6.45, 7) is 0.951. The molecular weight excluding hydrogens is 314 g/mol. The van der Waals surface area contributed by atoms with Crippen LogP contribution in [0.25, 0.3) is 0 Å². The van der Waals surface area contributed by atoms with Gasteiger partial charge in [-0.1, -0.05) is 0 Å². The summed E-state index contributed by atoms with van der Waals surface area (Å²) in [5.74, 6) is -0.0603. The molecule has 2 amide bonds. The summed E-state index contributed by atoms with van der Waals surface area (Å²) >= 11 is 3.05. The van der Waals surface area contributed by atoms with Crippen LogP contribution in [-0.2, 0) is 14.3 Å². The number of ether oxygens (including phenoxy) is 2. The van der Waals surface area contributed by atoms with Crippen LogP contribution in [-0.4, -0.2) is 32.1 Å². The lowest BCUT2D eigenvalue weighted by molar-refractivity contribution is -0.120. The van der Waals surface area contributed by atoms with Crippen LogP contribution in [0.2, 0.25) is 0 Å². The first-order chi connectivity index (χ1) is 9.13. The maximum absolute atomic E-state index is 11.8. The van der Waals surface area contributed by atoms with E-state index in [2.05, 4.69) is 15.9 Å².